The van der Waals surface area contributed by atoms with E-state index in [0.717, 1.165) is 12.1 Å². The molecule has 0 aliphatic rings. The van der Waals surface area contributed by atoms with Crippen molar-refractivity contribution in [3.63, 3.8) is 0 Å². The highest BCUT2D eigenvalue weighted by molar-refractivity contribution is 7.86. The van der Waals surface area contributed by atoms with Gasteiger partial charge in [-0.2, -0.15) is 12.6 Å². The van der Waals surface area contributed by atoms with Crippen LogP contribution in [-0.2, 0) is 14.3 Å². The van der Waals surface area contributed by atoms with Gasteiger partial charge in [-0.25, -0.2) is 0 Å². The first-order valence-corrected chi connectivity index (χ1v) is 4.79. The maximum absolute atomic E-state index is 11.6. The monoisotopic (exact) mass is 262 g/mol. The maximum atomic E-state index is 11.6. The molecular weight excluding hydrogens is 257 g/mol. The highest BCUT2D eigenvalue weighted by Crippen LogP contribution is 2.23. The fourth-order valence-corrected chi connectivity index (χ4v) is 1.60. The third-order valence-corrected chi connectivity index (χ3v) is 2.49. The second kappa shape index (κ2) is 4.82. The molecule has 0 saturated carbocycles. The van der Waals surface area contributed by atoms with Crippen molar-refractivity contribution in [3.05, 3.63) is 30.3 Å². The van der Waals surface area contributed by atoms with E-state index in [1.807, 2.05) is 0 Å². The molecule has 0 atom stereocenters. The largest absolute Gasteiger partial charge is 0.537 e. The molecule has 0 N–H and O–H groups in total. The molecule has 1 aromatic carbocycles. The molecule has 8 heteroatoms. The third-order valence-electron chi connectivity index (χ3n) is 1.24. The van der Waals surface area contributed by atoms with E-state index < -0.39 is 21.4 Å². The predicted octanol–water partition coefficient (Wildman–Crippen LogP) is 2.33. The number of halogens is 4. The van der Waals surface area contributed by atoms with E-state index in [1.165, 1.54) is 18.2 Å². The van der Waals surface area contributed by atoms with Gasteiger partial charge in [0.1, 0.15) is 0 Å². The van der Waals surface area contributed by atoms with Crippen molar-refractivity contribution in [2.45, 2.75) is 11.3 Å². The van der Waals surface area contributed by atoms with Gasteiger partial charge in [-0.15, -0.1) is 25.6 Å². The van der Waals surface area contributed by atoms with Crippen LogP contribution in [-0.4, -0.2) is 14.8 Å². The van der Waals surface area contributed by atoms with E-state index >= 15 is 0 Å². The molecule has 0 unspecified atom stereocenters. The molecule has 0 fully saturated rings. The van der Waals surface area contributed by atoms with Gasteiger partial charge in [0.15, 0.2) is 0 Å². The topological polar surface area (TPSA) is 43.4 Å². The van der Waals surface area contributed by atoms with Crippen LogP contribution in [0.3, 0.4) is 0 Å². The molecule has 0 aliphatic carbocycles. The lowest BCUT2D eigenvalue weighted by molar-refractivity contribution is -0.271. The van der Waals surface area contributed by atoms with Crippen LogP contribution in [0.5, 0.6) is 0 Å². The van der Waals surface area contributed by atoms with E-state index in [4.69, 9.17) is 0 Å². The van der Waals surface area contributed by atoms with E-state index in [1.54, 1.807) is 0 Å². The SMILES string of the molecule is Cl.O=S(=O)(OC(F)(F)F)c1ccccc1. The molecule has 86 valence electrons. The lowest BCUT2D eigenvalue weighted by atomic mass is 10.4. The second-order valence-corrected chi connectivity index (χ2v) is 3.84. The highest BCUT2D eigenvalue weighted by Gasteiger charge is 2.37. The molecule has 0 aliphatic heterocycles. The van der Waals surface area contributed by atoms with Crippen molar-refractivity contribution in [3.8, 4) is 0 Å². The quantitative estimate of drug-likeness (QED) is 0.769. The van der Waals surface area contributed by atoms with Crippen LogP contribution in [0.1, 0.15) is 0 Å². The maximum Gasteiger partial charge on any atom is 0.537 e. The minimum absolute atomic E-state index is 0. The van der Waals surface area contributed by atoms with Crippen molar-refractivity contribution < 1.29 is 25.8 Å². The minimum atomic E-state index is -5.20. The lowest BCUT2D eigenvalue weighted by Gasteiger charge is -2.07. The van der Waals surface area contributed by atoms with Gasteiger partial charge in [-0.05, 0) is 12.1 Å². The predicted molar refractivity (Wildman–Crippen MR) is 48.0 cm³/mol. The van der Waals surface area contributed by atoms with Gasteiger partial charge in [0.25, 0.3) is 0 Å². The molecular formula is C7H6ClF3O3S. The summed E-state index contributed by atoms with van der Waals surface area (Å²) in [5, 5.41) is 0. The Kier molecular flexibility index (Phi) is 4.57. The van der Waals surface area contributed by atoms with E-state index in [-0.39, 0.29) is 12.4 Å². The Labute approximate surface area is 90.4 Å². The molecule has 0 aromatic heterocycles. The van der Waals surface area contributed by atoms with Gasteiger partial charge in [-0.3, -0.25) is 0 Å². The first kappa shape index (κ1) is 14.2. The third kappa shape index (κ3) is 4.50. The number of alkyl halides is 3. The second-order valence-electron chi connectivity index (χ2n) is 2.30. The standard InChI is InChI=1S/C7H5F3O3S.ClH/c8-7(9,10)13-14(11,12)6-4-2-1-3-5-6;/h1-5H;1H. The zero-order valence-corrected chi connectivity index (χ0v) is 8.69. The molecule has 15 heavy (non-hydrogen) atoms. The summed E-state index contributed by atoms with van der Waals surface area (Å²) in [6.45, 7) is 0. The number of hydrogen-bond acceptors (Lipinski definition) is 3. The summed E-state index contributed by atoms with van der Waals surface area (Å²) in [5.41, 5.74) is 0. The van der Waals surface area contributed by atoms with Crippen LogP contribution in [0.4, 0.5) is 13.2 Å². The first-order chi connectivity index (χ1) is 6.31. The Morgan fingerprint density at radius 2 is 1.53 bits per heavy atom. The highest BCUT2D eigenvalue weighted by atomic mass is 35.5. The molecule has 3 nitrogen and oxygen atoms in total. The summed E-state index contributed by atoms with van der Waals surface area (Å²) in [6, 6.07) is 6.11. The Hall–Kier alpha value is -0.790. The number of hydrogen-bond donors (Lipinski definition) is 0. The molecule has 1 rings (SSSR count). The normalized spacial score (nSPS) is 11.9. The Balaban J connectivity index is 0.00000196. The summed E-state index contributed by atoms with van der Waals surface area (Å²) in [4.78, 5) is -0.530. The van der Waals surface area contributed by atoms with Gasteiger partial charge in [0.05, 0.1) is 4.90 Å². The van der Waals surface area contributed by atoms with Crippen molar-refractivity contribution in [2.75, 3.05) is 0 Å². The summed E-state index contributed by atoms with van der Waals surface area (Å²) in [5.74, 6) is 0. The van der Waals surface area contributed by atoms with Crippen LogP contribution in [0, 0.1) is 0 Å². The minimum Gasteiger partial charge on any atom is -0.194 e. The van der Waals surface area contributed by atoms with E-state index in [0.29, 0.717) is 0 Å². The molecule has 0 amide bonds. The molecule has 0 heterocycles. The van der Waals surface area contributed by atoms with Gasteiger partial charge < -0.3 is 0 Å². The number of benzene rings is 1. The van der Waals surface area contributed by atoms with Gasteiger partial charge in [0, 0.05) is 0 Å². The van der Waals surface area contributed by atoms with E-state index in [2.05, 4.69) is 4.18 Å². The summed E-state index contributed by atoms with van der Waals surface area (Å²) in [7, 11) is -4.74. The smallest absolute Gasteiger partial charge is 0.194 e. The number of rotatable bonds is 2. The zero-order valence-electron chi connectivity index (χ0n) is 7.06. The fourth-order valence-electron chi connectivity index (χ4n) is 0.760. The van der Waals surface area contributed by atoms with Gasteiger partial charge in [0.2, 0.25) is 0 Å². The molecule has 0 spiro atoms. The zero-order chi connectivity index (χ0) is 10.8. The van der Waals surface area contributed by atoms with Crippen molar-refractivity contribution in [1.82, 2.24) is 0 Å². The summed E-state index contributed by atoms with van der Waals surface area (Å²) >= 11 is 0. The average Bonchev–Trinajstić information content (AvgIpc) is 2.01. The molecule has 0 bridgehead atoms. The van der Waals surface area contributed by atoms with Crippen LogP contribution < -0.4 is 0 Å². The van der Waals surface area contributed by atoms with Crippen LogP contribution in [0.2, 0.25) is 0 Å². The van der Waals surface area contributed by atoms with Crippen LogP contribution in [0.15, 0.2) is 35.2 Å². The first-order valence-electron chi connectivity index (χ1n) is 3.39. The Bertz CT molecular complexity index is 401. The van der Waals surface area contributed by atoms with Crippen molar-refractivity contribution in [1.29, 1.82) is 0 Å². The summed E-state index contributed by atoms with van der Waals surface area (Å²) in [6.07, 6.45) is -5.20. The molecule has 0 radical (unpaired) electrons. The van der Waals surface area contributed by atoms with Crippen molar-refractivity contribution in [2.24, 2.45) is 0 Å². The Morgan fingerprint density at radius 3 is 1.93 bits per heavy atom. The molecule has 0 saturated heterocycles. The van der Waals surface area contributed by atoms with E-state index in [9.17, 15) is 21.6 Å². The van der Waals surface area contributed by atoms with Crippen LogP contribution >= 0.6 is 12.4 Å². The average molecular weight is 263 g/mol. The van der Waals surface area contributed by atoms with Crippen LogP contribution in [0.25, 0.3) is 0 Å². The fraction of sp³-hybridized carbons (Fsp3) is 0.143. The van der Waals surface area contributed by atoms with Gasteiger partial charge in [-0.1, -0.05) is 18.2 Å². The lowest BCUT2D eigenvalue weighted by Crippen LogP contribution is -2.19. The molecule has 1 aromatic rings. The van der Waals surface area contributed by atoms with Crippen molar-refractivity contribution >= 4 is 22.5 Å². The Morgan fingerprint density at radius 1 is 1.07 bits per heavy atom. The summed E-state index contributed by atoms with van der Waals surface area (Å²) < 4.78 is 59.7. The van der Waals surface area contributed by atoms with Gasteiger partial charge >= 0.3 is 16.5 Å².